The molecule has 0 radical (unpaired) electrons. The van der Waals surface area contributed by atoms with Crippen LogP contribution < -0.4 is 10.5 Å². The van der Waals surface area contributed by atoms with Gasteiger partial charge in [0.2, 0.25) is 5.91 Å². The SMILES string of the molecule is CCOC(=O)CCCN(C(=O)/C(C)=C/c1ccc(C(=O)Oc2ccc(C(=N)N)cc2)cc1)[C@@H](CSCC(=O)OCC)C(=O)OCC. The van der Waals surface area contributed by atoms with Crippen LogP contribution in [-0.2, 0) is 33.4 Å². The van der Waals surface area contributed by atoms with Gasteiger partial charge in [-0.1, -0.05) is 12.1 Å². The third-order valence-corrected chi connectivity index (χ3v) is 7.32. The highest BCUT2D eigenvalue weighted by Crippen LogP contribution is 2.19. The third kappa shape index (κ3) is 12.4. The number of nitrogens with zero attached hydrogens (tertiary/aromatic N) is 1. The number of thioether (sulfide) groups is 1. The molecule has 2 aromatic rings. The maximum Gasteiger partial charge on any atom is 0.343 e. The zero-order valence-electron chi connectivity index (χ0n) is 26.5. The van der Waals surface area contributed by atoms with E-state index in [0.29, 0.717) is 22.4 Å². The maximum absolute atomic E-state index is 13.8. The van der Waals surface area contributed by atoms with Crippen LogP contribution in [0.2, 0.25) is 0 Å². The topological polar surface area (TPSA) is 175 Å². The molecule has 12 nitrogen and oxygen atoms in total. The van der Waals surface area contributed by atoms with Gasteiger partial charge in [0.05, 0.1) is 31.1 Å². The lowest BCUT2D eigenvalue weighted by Crippen LogP contribution is -2.48. The van der Waals surface area contributed by atoms with Gasteiger partial charge in [-0.15, -0.1) is 11.8 Å². The largest absolute Gasteiger partial charge is 0.466 e. The molecule has 0 aliphatic heterocycles. The number of nitrogens with one attached hydrogen (secondary N) is 1. The summed E-state index contributed by atoms with van der Waals surface area (Å²) < 4.78 is 20.6. The maximum atomic E-state index is 13.8. The molecule has 2 rings (SSSR count). The minimum Gasteiger partial charge on any atom is -0.466 e. The number of hydrogen-bond acceptors (Lipinski definition) is 11. The first-order valence-electron chi connectivity index (χ1n) is 14.8. The Labute approximate surface area is 273 Å². The van der Waals surface area contributed by atoms with Crippen molar-refractivity contribution in [3.63, 3.8) is 0 Å². The van der Waals surface area contributed by atoms with Crippen LogP contribution in [0, 0.1) is 5.41 Å². The normalized spacial score (nSPS) is 11.6. The smallest absolute Gasteiger partial charge is 0.343 e. The lowest BCUT2D eigenvalue weighted by molar-refractivity contribution is -0.153. The van der Waals surface area contributed by atoms with E-state index in [9.17, 15) is 24.0 Å². The summed E-state index contributed by atoms with van der Waals surface area (Å²) in [5.41, 5.74) is 7.14. The average molecular weight is 656 g/mol. The molecule has 0 unspecified atom stereocenters. The van der Waals surface area contributed by atoms with Crippen molar-refractivity contribution in [1.82, 2.24) is 4.90 Å². The number of amidine groups is 1. The highest BCUT2D eigenvalue weighted by molar-refractivity contribution is 8.00. The number of carbonyl (C=O) groups excluding carboxylic acids is 5. The third-order valence-electron chi connectivity index (χ3n) is 6.32. The number of carbonyl (C=O) groups is 5. The van der Waals surface area contributed by atoms with Gasteiger partial charge in [-0.3, -0.25) is 19.8 Å². The van der Waals surface area contributed by atoms with Gasteiger partial charge in [-0.2, -0.15) is 0 Å². The van der Waals surface area contributed by atoms with Crippen LogP contribution in [-0.4, -0.2) is 84.4 Å². The molecule has 0 saturated heterocycles. The summed E-state index contributed by atoms with van der Waals surface area (Å²) in [6.45, 7) is 7.25. The molecule has 46 heavy (non-hydrogen) atoms. The molecule has 0 aliphatic rings. The molecular formula is C33H41N3O9S. The summed E-state index contributed by atoms with van der Waals surface area (Å²) in [7, 11) is 0. The number of esters is 4. The molecular weight excluding hydrogens is 614 g/mol. The molecule has 248 valence electrons. The zero-order valence-corrected chi connectivity index (χ0v) is 27.4. The highest BCUT2D eigenvalue weighted by Gasteiger charge is 2.32. The number of benzene rings is 2. The second kappa shape index (κ2) is 19.7. The van der Waals surface area contributed by atoms with Crippen molar-refractivity contribution in [3.8, 4) is 5.75 Å². The molecule has 0 saturated carbocycles. The van der Waals surface area contributed by atoms with Crippen LogP contribution in [0.25, 0.3) is 6.08 Å². The van der Waals surface area contributed by atoms with Crippen LogP contribution in [0.5, 0.6) is 5.75 Å². The summed E-state index contributed by atoms with van der Waals surface area (Å²) >= 11 is 1.14. The van der Waals surface area contributed by atoms with Crippen molar-refractivity contribution < 1.29 is 42.9 Å². The molecule has 2 aromatic carbocycles. The Morgan fingerprint density at radius 3 is 2.04 bits per heavy atom. The highest BCUT2D eigenvalue weighted by atomic mass is 32.2. The first-order valence-corrected chi connectivity index (χ1v) is 16.0. The van der Waals surface area contributed by atoms with E-state index in [4.69, 9.17) is 30.1 Å². The van der Waals surface area contributed by atoms with Gasteiger partial charge < -0.3 is 29.6 Å². The average Bonchev–Trinajstić information content (AvgIpc) is 3.02. The predicted molar refractivity (Wildman–Crippen MR) is 174 cm³/mol. The van der Waals surface area contributed by atoms with Gasteiger partial charge in [-0.05, 0) is 82.2 Å². The van der Waals surface area contributed by atoms with Gasteiger partial charge in [0.15, 0.2) is 0 Å². The van der Waals surface area contributed by atoms with Gasteiger partial charge >= 0.3 is 23.9 Å². The molecule has 0 heterocycles. The second-order valence-electron chi connectivity index (χ2n) is 9.77. The summed E-state index contributed by atoms with van der Waals surface area (Å²) in [5, 5.41) is 7.46. The number of rotatable bonds is 18. The van der Waals surface area contributed by atoms with E-state index in [1.54, 1.807) is 70.2 Å². The fraction of sp³-hybridized carbons (Fsp3) is 0.394. The first-order chi connectivity index (χ1) is 22.0. The van der Waals surface area contributed by atoms with Crippen LogP contribution in [0.3, 0.4) is 0 Å². The molecule has 13 heteroatoms. The van der Waals surface area contributed by atoms with E-state index in [1.807, 2.05) is 0 Å². The number of amides is 1. The van der Waals surface area contributed by atoms with Crippen LogP contribution >= 0.6 is 11.8 Å². The van der Waals surface area contributed by atoms with E-state index in [2.05, 4.69) is 0 Å². The second-order valence-corrected chi connectivity index (χ2v) is 10.8. The Morgan fingerprint density at radius 1 is 0.870 bits per heavy atom. The van der Waals surface area contributed by atoms with Crippen LogP contribution in [0.1, 0.15) is 62.0 Å². The van der Waals surface area contributed by atoms with E-state index >= 15 is 0 Å². The standard InChI is InChI=1S/C33H41N3O9S/c1-5-42-28(37)9-8-18-36(27(33(41)44-7-3)20-46-21-29(38)43-6-2)31(39)22(4)19-23-10-12-25(13-11-23)32(40)45-26-16-14-24(15-17-26)30(34)35/h10-17,19,27H,5-9,18,20-21H2,1-4H3,(H3,34,35)/b22-19+/t27-/m0/s1. The summed E-state index contributed by atoms with van der Waals surface area (Å²) in [6.07, 6.45) is 1.90. The van der Waals surface area contributed by atoms with E-state index in [1.165, 1.54) is 17.0 Å². The fourth-order valence-corrected chi connectivity index (χ4v) is 5.04. The lowest BCUT2D eigenvalue weighted by Gasteiger charge is -2.30. The zero-order chi connectivity index (χ0) is 34.1. The number of nitrogen functional groups attached to an aromatic ring is 1. The van der Waals surface area contributed by atoms with Gasteiger partial charge in [-0.25, -0.2) is 9.59 Å². The van der Waals surface area contributed by atoms with Gasteiger partial charge in [0.1, 0.15) is 17.6 Å². The predicted octanol–water partition coefficient (Wildman–Crippen LogP) is 3.99. The lowest BCUT2D eigenvalue weighted by atomic mass is 10.1. The molecule has 1 atom stereocenters. The Kier molecular flexibility index (Phi) is 16.1. The molecule has 0 fully saturated rings. The Bertz CT molecular complexity index is 1390. The quantitative estimate of drug-likeness (QED) is 0.0593. The molecule has 0 spiro atoms. The minimum atomic E-state index is -1.03. The first kappa shape index (κ1) is 37.5. The summed E-state index contributed by atoms with van der Waals surface area (Å²) in [6, 6.07) is 11.6. The van der Waals surface area contributed by atoms with Crippen LogP contribution in [0.15, 0.2) is 54.1 Å². The molecule has 1 amide bonds. The molecule has 3 N–H and O–H groups in total. The van der Waals surface area contributed by atoms with Crippen molar-refractivity contribution in [2.24, 2.45) is 5.73 Å². The number of hydrogen-bond donors (Lipinski definition) is 2. The molecule has 0 bridgehead atoms. The van der Waals surface area contributed by atoms with Gasteiger partial charge in [0.25, 0.3) is 0 Å². The van der Waals surface area contributed by atoms with Gasteiger partial charge in [0, 0.05) is 29.9 Å². The Morgan fingerprint density at radius 2 is 1.46 bits per heavy atom. The monoisotopic (exact) mass is 655 g/mol. The molecule has 0 aliphatic carbocycles. The Balaban J connectivity index is 2.24. The summed E-state index contributed by atoms with van der Waals surface area (Å²) in [4.78, 5) is 64.7. The minimum absolute atomic E-state index is 0.0120. The van der Waals surface area contributed by atoms with Crippen molar-refractivity contribution >= 4 is 53.5 Å². The van der Waals surface area contributed by atoms with E-state index < -0.39 is 35.8 Å². The van der Waals surface area contributed by atoms with Crippen molar-refractivity contribution in [1.29, 1.82) is 5.41 Å². The van der Waals surface area contributed by atoms with E-state index in [0.717, 1.165) is 11.8 Å². The van der Waals surface area contributed by atoms with Crippen LogP contribution in [0.4, 0.5) is 0 Å². The van der Waals surface area contributed by atoms with Crippen molar-refractivity contribution in [3.05, 3.63) is 70.8 Å². The van der Waals surface area contributed by atoms with Crippen molar-refractivity contribution in [2.45, 2.75) is 46.6 Å². The fourth-order valence-electron chi connectivity index (χ4n) is 4.13. The van der Waals surface area contributed by atoms with E-state index in [-0.39, 0.29) is 62.1 Å². The summed E-state index contributed by atoms with van der Waals surface area (Å²) in [5.74, 6) is -2.29. The van der Waals surface area contributed by atoms with Crippen molar-refractivity contribution in [2.75, 3.05) is 37.9 Å². The molecule has 0 aromatic heterocycles. The number of ether oxygens (including phenoxy) is 4. The number of nitrogens with two attached hydrogens (primary N) is 1. The Hall–Kier alpha value is -4.65.